The lowest BCUT2D eigenvalue weighted by Crippen LogP contribution is -2.30. The lowest BCUT2D eigenvalue weighted by molar-refractivity contribution is 0.691. The second-order valence-corrected chi connectivity index (χ2v) is 6.96. The molecule has 19 heavy (non-hydrogen) atoms. The van der Waals surface area contributed by atoms with E-state index in [9.17, 15) is 0 Å². The highest BCUT2D eigenvalue weighted by Crippen LogP contribution is 2.38. The summed E-state index contributed by atoms with van der Waals surface area (Å²) < 4.78 is 1.71. The fourth-order valence-electron chi connectivity index (χ4n) is 2.12. The predicted molar refractivity (Wildman–Crippen MR) is 88.4 cm³/mol. The van der Waals surface area contributed by atoms with E-state index in [-0.39, 0.29) is 6.04 Å². The topological polar surface area (TPSA) is 29.3 Å². The zero-order chi connectivity index (χ0) is 14.0. The minimum Gasteiger partial charge on any atom is -0.365 e. The lowest BCUT2D eigenvalue weighted by Gasteiger charge is -2.29. The Balaban J connectivity index is 2.34. The fourth-order valence-corrected chi connectivity index (χ4v) is 4.01. The van der Waals surface area contributed by atoms with Gasteiger partial charge in [-0.3, -0.25) is 0 Å². The van der Waals surface area contributed by atoms with E-state index in [2.05, 4.69) is 53.0 Å². The number of nitrogens with two attached hydrogens (primary N) is 1. The third-order valence-electron chi connectivity index (χ3n) is 3.18. The summed E-state index contributed by atoms with van der Waals surface area (Å²) >= 11 is 11.2. The van der Waals surface area contributed by atoms with Crippen LogP contribution in [0.15, 0.2) is 34.8 Å². The Morgan fingerprint density at radius 3 is 2.63 bits per heavy atom. The molecule has 1 heterocycles. The highest BCUT2D eigenvalue weighted by Gasteiger charge is 2.20. The maximum atomic E-state index is 6.12. The van der Waals surface area contributed by atoms with Gasteiger partial charge in [0.15, 0.2) is 0 Å². The van der Waals surface area contributed by atoms with Gasteiger partial charge in [0.2, 0.25) is 0 Å². The molecule has 5 heteroatoms. The van der Waals surface area contributed by atoms with Crippen LogP contribution in [0.3, 0.4) is 0 Å². The average molecular weight is 360 g/mol. The fraction of sp³-hybridized carbons (Fsp3) is 0.286. The summed E-state index contributed by atoms with van der Waals surface area (Å²) in [5.74, 6) is 0. The number of para-hydroxylation sites is 1. The minimum atomic E-state index is 0.134. The van der Waals surface area contributed by atoms with Crippen molar-refractivity contribution in [2.75, 3.05) is 18.5 Å². The third-order valence-corrected chi connectivity index (χ3v) is 5.75. The van der Waals surface area contributed by atoms with Crippen molar-refractivity contribution in [2.24, 2.45) is 5.73 Å². The Kier molecular flexibility index (Phi) is 4.90. The maximum absolute atomic E-state index is 6.12. The molecule has 0 fully saturated rings. The quantitative estimate of drug-likeness (QED) is 0.864. The number of thiophene rings is 1. The molecule has 1 unspecified atom stereocenters. The molecule has 2 nitrogen and oxygen atoms in total. The molecule has 0 aliphatic heterocycles. The van der Waals surface area contributed by atoms with Crippen LogP contribution in [-0.2, 0) is 0 Å². The number of hydrogen-bond donors (Lipinski definition) is 1. The summed E-state index contributed by atoms with van der Waals surface area (Å²) in [5, 5.41) is 0. The van der Waals surface area contributed by atoms with Crippen LogP contribution in [0, 0.1) is 6.92 Å². The maximum Gasteiger partial charge on any atom is 0.107 e. The van der Waals surface area contributed by atoms with Gasteiger partial charge >= 0.3 is 0 Å². The van der Waals surface area contributed by atoms with Crippen LogP contribution in [0.25, 0.3) is 0 Å². The first kappa shape index (κ1) is 14.9. The van der Waals surface area contributed by atoms with Crippen LogP contribution >= 0.6 is 38.9 Å². The molecule has 102 valence electrons. The van der Waals surface area contributed by atoms with Crippen molar-refractivity contribution in [2.45, 2.75) is 13.0 Å². The van der Waals surface area contributed by atoms with Crippen LogP contribution in [0.2, 0.25) is 4.34 Å². The summed E-state index contributed by atoms with van der Waals surface area (Å²) in [7, 11) is 2.07. The molecule has 0 aliphatic rings. The van der Waals surface area contributed by atoms with Crippen molar-refractivity contribution in [3.05, 3.63) is 49.6 Å². The van der Waals surface area contributed by atoms with E-state index in [1.807, 2.05) is 12.1 Å². The molecular formula is C14H16BrClN2S. The number of hydrogen-bond acceptors (Lipinski definition) is 3. The number of aryl methyl sites for hydroxylation is 1. The van der Waals surface area contributed by atoms with E-state index in [1.165, 1.54) is 16.1 Å². The van der Waals surface area contributed by atoms with Crippen LogP contribution in [-0.4, -0.2) is 13.6 Å². The summed E-state index contributed by atoms with van der Waals surface area (Å²) in [6, 6.07) is 10.5. The van der Waals surface area contributed by atoms with Crippen molar-refractivity contribution in [3.8, 4) is 0 Å². The zero-order valence-corrected chi connectivity index (χ0v) is 14.0. The molecule has 2 N–H and O–H groups in total. The second-order valence-electron chi connectivity index (χ2n) is 4.42. The monoisotopic (exact) mass is 358 g/mol. The van der Waals surface area contributed by atoms with E-state index in [4.69, 9.17) is 17.3 Å². The molecule has 0 saturated heterocycles. The standard InChI is InChI=1S/C14H16BrClN2S/c1-9-5-3-4-6-11(9)18(2)12(8-17)13-7-10(15)14(16)19-13/h3-7,12H,8,17H2,1-2H3. The van der Waals surface area contributed by atoms with Gasteiger partial charge in [-0.15, -0.1) is 11.3 Å². The number of rotatable bonds is 4. The van der Waals surface area contributed by atoms with E-state index < -0.39 is 0 Å². The van der Waals surface area contributed by atoms with E-state index >= 15 is 0 Å². The smallest absolute Gasteiger partial charge is 0.107 e. The SMILES string of the molecule is Cc1ccccc1N(C)C(CN)c1cc(Br)c(Cl)s1. The van der Waals surface area contributed by atoms with Gasteiger partial charge in [-0.1, -0.05) is 29.8 Å². The van der Waals surface area contributed by atoms with E-state index in [0.29, 0.717) is 6.54 Å². The van der Waals surface area contributed by atoms with Crippen molar-refractivity contribution >= 4 is 44.6 Å². The molecule has 0 bridgehead atoms. The summed E-state index contributed by atoms with van der Waals surface area (Å²) in [6.07, 6.45) is 0. The van der Waals surface area contributed by atoms with Gasteiger partial charge in [-0.05, 0) is 40.5 Å². The van der Waals surface area contributed by atoms with Gasteiger partial charge in [-0.2, -0.15) is 0 Å². The lowest BCUT2D eigenvalue weighted by atomic mass is 10.1. The minimum absolute atomic E-state index is 0.134. The van der Waals surface area contributed by atoms with Crippen LogP contribution in [0.4, 0.5) is 5.69 Å². The first-order valence-electron chi connectivity index (χ1n) is 5.98. The summed E-state index contributed by atoms with van der Waals surface area (Å²) in [6.45, 7) is 2.66. The zero-order valence-electron chi connectivity index (χ0n) is 10.9. The number of likely N-dealkylation sites (N-methyl/N-ethyl adjacent to an activating group) is 1. The van der Waals surface area contributed by atoms with Gasteiger partial charge in [0.05, 0.1) is 6.04 Å². The molecule has 2 rings (SSSR count). The molecule has 0 amide bonds. The molecular weight excluding hydrogens is 344 g/mol. The van der Waals surface area contributed by atoms with Crippen molar-refractivity contribution in [3.63, 3.8) is 0 Å². The second kappa shape index (κ2) is 6.27. The molecule has 0 radical (unpaired) electrons. The Bertz CT molecular complexity index is 551. The summed E-state index contributed by atoms with van der Waals surface area (Å²) in [5.41, 5.74) is 8.39. The van der Waals surface area contributed by atoms with Crippen LogP contribution in [0.1, 0.15) is 16.5 Å². The van der Waals surface area contributed by atoms with Crippen LogP contribution < -0.4 is 10.6 Å². The summed E-state index contributed by atoms with van der Waals surface area (Å²) in [4.78, 5) is 3.38. The van der Waals surface area contributed by atoms with Gasteiger partial charge in [0, 0.05) is 28.6 Å². The molecule has 0 saturated carbocycles. The Labute approximate surface area is 131 Å². The van der Waals surface area contributed by atoms with Crippen LogP contribution in [0.5, 0.6) is 0 Å². The van der Waals surface area contributed by atoms with Crippen molar-refractivity contribution < 1.29 is 0 Å². The largest absolute Gasteiger partial charge is 0.365 e. The molecule has 1 atom stereocenters. The first-order valence-corrected chi connectivity index (χ1v) is 7.96. The molecule has 0 aliphatic carbocycles. The number of benzene rings is 1. The molecule has 1 aromatic heterocycles. The highest BCUT2D eigenvalue weighted by molar-refractivity contribution is 9.10. The Hall–Kier alpha value is -0.550. The first-order chi connectivity index (χ1) is 9.04. The molecule has 1 aromatic carbocycles. The number of nitrogens with zero attached hydrogens (tertiary/aromatic N) is 1. The van der Waals surface area contributed by atoms with E-state index in [1.54, 1.807) is 11.3 Å². The number of halogens is 2. The van der Waals surface area contributed by atoms with Gasteiger partial charge < -0.3 is 10.6 Å². The van der Waals surface area contributed by atoms with Crippen molar-refractivity contribution in [1.82, 2.24) is 0 Å². The van der Waals surface area contributed by atoms with E-state index in [0.717, 1.165) is 8.81 Å². The normalized spacial score (nSPS) is 12.5. The Morgan fingerprint density at radius 2 is 2.11 bits per heavy atom. The highest BCUT2D eigenvalue weighted by atomic mass is 79.9. The van der Waals surface area contributed by atoms with Gasteiger partial charge in [0.1, 0.15) is 4.34 Å². The number of anilines is 1. The molecule has 2 aromatic rings. The third kappa shape index (κ3) is 3.14. The van der Waals surface area contributed by atoms with Gasteiger partial charge in [-0.25, -0.2) is 0 Å². The predicted octanol–water partition coefficient (Wildman–Crippen LogP) is 4.61. The average Bonchev–Trinajstić information content (AvgIpc) is 2.70. The van der Waals surface area contributed by atoms with Crippen molar-refractivity contribution in [1.29, 1.82) is 0 Å². The van der Waals surface area contributed by atoms with Gasteiger partial charge in [0.25, 0.3) is 0 Å². The Morgan fingerprint density at radius 1 is 1.42 bits per heavy atom. The molecule has 0 spiro atoms.